The molecule has 0 saturated carbocycles. The molecular weight excluding hydrogens is 207 g/mol. The van der Waals surface area contributed by atoms with E-state index >= 15 is 0 Å². The van der Waals surface area contributed by atoms with Crippen LogP contribution >= 0.6 is 0 Å². The first-order valence-corrected chi connectivity index (χ1v) is 5.38. The normalized spacial score (nSPS) is 20.5. The van der Waals surface area contributed by atoms with Gasteiger partial charge >= 0.3 is 0 Å². The van der Waals surface area contributed by atoms with Crippen LogP contribution in [-0.2, 0) is 11.3 Å². The van der Waals surface area contributed by atoms with Gasteiger partial charge in [0.1, 0.15) is 5.82 Å². The van der Waals surface area contributed by atoms with Crippen molar-refractivity contribution in [1.29, 1.82) is 0 Å². The van der Waals surface area contributed by atoms with Gasteiger partial charge in [-0.05, 0) is 18.1 Å². The molecule has 0 radical (unpaired) electrons. The quantitative estimate of drug-likeness (QED) is 0.775. The van der Waals surface area contributed by atoms with E-state index in [0.29, 0.717) is 36.7 Å². The minimum absolute atomic E-state index is 0.101. The van der Waals surface area contributed by atoms with Gasteiger partial charge in [-0.1, -0.05) is 13.0 Å². The lowest BCUT2D eigenvalue weighted by atomic mass is 10.1. The Hall–Kier alpha value is -1.58. The van der Waals surface area contributed by atoms with Crippen molar-refractivity contribution >= 4 is 11.6 Å². The maximum absolute atomic E-state index is 13.5. The summed E-state index contributed by atoms with van der Waals surface area (Å²) < 4.78 is 13.5. The number of amides is 1. The fraction of sp³-hybridized carbons (Fsp3) is 0.417. The first kappa shape index (κ1) is 10.9. The van der Waals surface area contributed by atoms with Gasteiger partial charge in [-0.25, -0.2) is 4.39 Å². The summed E-state index contributed by atoms with van der Waals surface area (Å²) in [7, 11) is 0. The Kier molecular flexibility index (Phi) is 2.81. The number of benzene rings is 1. The zero-order valence-electron chi connectivity index (χ0n) is 9.24. The van der Waals surface area contributed by atoms with Gasteiger partial charge in [0.15, 0.2) is 0 Å². The number of likely N-dealkylation sites (tertiary alicyclic amines) is 1. The molecule has 4 heteroatoms. The summed E-state index contributed by atoms with van der Waals surface area (Å²) in [6, 6.07) is 4.59. The monoisotopic (exact) mass is 222 g/mol. The largest absolute Gasteiger partial charge is 0.399 e. The maximum atomic E-state index is 13.5. The summed E-state index contributed by atoms with van der Waals surface area (Å²) in [6.45, 7) is 3.08. The molecule has 1 unspecified atom stereocenters. The summed E-state index contributed by atoms with van der Waals surface area (Å²) in [4.78, 5) is 13.2. The topological polar surface area (TPSA) is 46.3 Å². The number of carbonyl (C=O) groups is 1. The van der Waals surface area contributed by atoms with E-state index < -0.39 is 0 Å². The number of halogens is 1. The van der Waals surface area contributed by atoms with Crippen molar-refractivity contribution < 1.29 is 9.18 Å². The van der Waals surface area contributed by atoms with Gasteiger partial charge in [0.25, 0.3) is 0 Å². The molecule has 86 valence electrons. The molecule has 2 rings (SSSR count). The van der Waals surface area contributed by atoms with Crippen LogP contribution in [0.1, 0.15) is 18.9 Å². The highest BCUT2D eigenvalue weighted by Crippen LogP contribution is 2.21. The smallest absolute Gasteiger partial charge is 0.223 e. The number of nitrogens with zero attached hydrogens (tertiary/aromatic N) is 1. The van der Waals surface area contributed by atoms with Crippen LogP contribution in [-0.4, -0.2) is 17.4 Å². The molecule has 0 bridgehead atoms. The van der Waals surface area contributed by atoms with E-state index in [2.05, 4.69) is 0 Å². The highest BCUT2D eigenvalue weighted by atomic mass is 19.1. The molecule has 1 aliphatic rings. The molecule has 0 aliphatic carbocycles. The van der Waals surface area contributed by atoms with Crippen LogP contribution in [0.4, 0.5) is 10.1 Å². The van der Waals surface area contributed by atoms with Crippen molar-refractivity contribution in [2.24, 2.45) is 5.92 Å². The van der Waals surface area contributed by atoms with Crippen molar-refractivity contribution in [3.8, 4) is 0 Å². The van der Waals surface area contributed by atoms with E-state index in [1.165, 1.54) is 6.07 Å². The predicted molar refractivity (Wildman–Crippen MR) is 60.0 cm³/mol. The third-order valence-electron chi connectivity index (χ3n) is 2.85. The molecule has 1 aliphatic heterocycles. The van der Waals surface area contributed by atoms with Gasteiger partial charge in [-0.2, -0.15) is 0 Å². The van der Waals surface area contributed by atoms with Crippen LogP contribution in [0.15, 0.2) is 18.2 Å². The van der Waals surface area contributed by atoms with Crippen LogP contribution in [0, 0.1) is 11.7 Å². The van der Waals surface area contributed by atoms with Crippen molar-refractivity contribution in [1.82, 2.24) is 4.90 Å². The van der Waals surface area contributed by atoms with E-state index in [1.54, 1.807) is 17.0 Å². The van der Waals surface area contributed by atoms with Gasteiger partial charge in [0, 0.05) is 30.8 Å². The lowest BCUT2D eigenvalue weighted by molar-refractivity contribution is -0.128. The molecule has 1 amide bonds. The SMILES string of the molecule is CC1CC(=O)N(Cc2ccc(N)cc2F)C1. The summed E-state index contributed by atoms with van der Waals surface area (Å²) in [5.41, 5.74) is 6.39. The van der Waals surface area contributed by atoms with Gasteiger partial charge in [0.05, 0.1) is 0 Å². The summed E-state index contributed by atoms with van der Waals surface area (Å²) in [5.74, 6) is 0.125. The number of anilines is 1. The first-order chi connectivity index (χ1) is 7.56. The lowest BCUT2D eigenvalue weighted by Gasteiger charge is -2.16. The van der Waals surface area contributed by atoms with Crippen LogP contribution in [0.5, 0.6) is 0 Å². The average Bonchev–Trinajstić information content (AvgIpc) is 2.50. The van der Waals surface area contributed by atoms with Crippen molar-refractivity contribution in [2.45, 2.75) is 19.9 Å². The number of nitrogens with two attached hydrogens (primary N) is 1. The molecule has 1 saturated heterocycles. The molecule has 0 aromatic heterocycles. The standard InChI is InChI=1S/C12H15FN2O/c1-8-4-12(16)15(6-8)7-9-2-3-10(14)5-11(9)13/h2-3,5,8H,4,6-7,14H2,1H3. The fourth-order valence-corrected chi connectivity index (χ4v) is 2.02. The number of carbonyl (C=O) groups excluding carboxylic acids is 1. The van der Waals surface area contributed by atoms with Crippen LogP contribution < -0.4 is 5.73 Å². The highest BCUT2D eigenvalue weighted by molar-refractivity contribution is 5.78. The van der Waals surface area contributed by atoms with Crippen molar-refractivity contribution in [2.75, 3.05) is 12.3 Å². The fourth-order valence-electron chi connectivity index (χ4n) is 2.02. The Morgan fingerprint density at radius 1 is 1.56 bits per heavy atom. The van der Waals surface area contributed by atoms with E-state index in [9.17, 15) is 9.18 Å². The molecule has 1 atom stereocenters. The van der Waals surface area contributed by atoms with Crippen molar-refractivity contribution in [3.63, 3.8) is 0 Å². The molecule has 3 nitrogen and oxygen atoms in total. The number of hydrogen-bond acceptors (Lipinski definition) is 2. The zero-order chi connectivity index (χ0) is 11.7. The first-order valence-electron chi connectivity index (χ1n) is 5.38. The Bertz CT molecular complexity index is 419. The maximum Gasteiger partial charge on any atom is 0.223 e. The number of hydrogen-bond donors (Lipinski definition) is 1. The van der Waals surface area contributed by atoms with E-state index in [1.807, 2.05) is 6.92 Å². The Morgan fingerprint density at radius 3 is 2.88 bits per heavy atom. The van der Waals surface area contributed by atoms with Gasteiger partial charge in [0.2, 0.25) is 5.91 Å². The molecule has 0 spiro atoms. The molecule has 1 aromatic carbocycles. The highest BCUT2D eigenvalue weighted by Gasteiger charge is 2.26. The summed E-state index contributed by atoms with van der Waals surface area (Å²) in [5, 5.41) is 0. The second-order valence-corrected chi connectivity index (χ2v) is 4.43. The minimum atomic E-state index is -0.340. The third-order valence-corrected chi connectivity index (χ3v) is 2.85. The molecule has 1 aromatic rings. The van der Waals surface area contributed by atoms with Gasteiger partial charge < -0.3 is 10.6 Å². The summed E-state index contributed by atoms with van der Waals surface area (Å²) in [6.07, 6.45) is 0.566. The molecule has 16 heavy (non-hydrogen) atoms. The predicted octanol–water partition coefficient (Wildman–Crippen LogP) is 1.78. The second-order valence-electron chi connectivity index (χ2n) is 4.43. The molecule has 1 fully saturated rings. The molecule has 2 N–H and O–H groups in total. The average molecular weight is 222 g/mol. The van der Waals surface area contributed by atoms with E-state index in [0.717, 1.165) is 0 Å². The van der Waals surface area contributed by atoms with E-state index in [-0.39, 0.29) is 11.7 Å². The zero-order valence-corrected chi connectivity index (χ0v) is 9.24. The van der Waals surface area contributed by atoms with Crippen LogP contribution in [0.25, 0.3) is 0 Å². The Labute approximate surface area is 94.0 Å². The van der Waals surface area contributed by atoms with E-state index in [4.69, 9.17) is 5.73 Å². The third kappa shape index (κ3) is 2.15. The number of nitrogen functional groups attached to an aromatic ring is 1. The Balaban J connectivity index is 2.12. The second kappa shape index (κ2) is 4.12. The Morgan fingerprint density at radius 2 is 2.31 bits per heavy atom. The van der Waals surface area contributed by atoms with Crippen LogP contribution in [0.2, 0.25) is 0 Å². The van der Waals surface area contributed by atoms with Crippen LogP contribution in [0.3, 0.4) is 0 Å². The molecule has 1 heterocycles. The van der Waals surface area contributed by atoms with Gasteiger partial charge in [-0.3, -0.25) is 4.79 Å². The number of rotatable bonds is 2. The minimum Gasteiger partial charge on any atom is -0.399 e. The lowest BCUT2D eigenvalue weighted by Crippen LogP contribution is -2.24. The summed E-state index contributed by atoms with van der Waals surface area (Å²) >= 11 is 0. The van der Waals surface area contributed by atoms with Gasteiger partial charge in [-0.15, -0.1) is 0 Å². The molecular formula is C12H15FN2O. The van der Waals surface area contributed by atoms with Crippen molar-refractivity contribution in [3.05, 3.63) is 29.6 Å².